The van der Waals surface area contributed by atoms with Crippen LogP contribution in [0.4, 0.5) is 10.1 Å². The highest BCUT2D eigenvalue weighted by Gasteiger charge is 2.10. The van der Waals surface area contributed by atoms with Gasteiger partial charge in [0.25, 0.3) is 0 Å². The third-order valence-corrected chi connectivity index (χ3v) is 3.84. The van der Waals surface area contributed by atoms with Crippen molar-refractivity contribution >= 4 is 27.2 Å². The number of nitrogen functional groups attached to an aromatic ring is 1. The van der Waals surface area contributed by atoms with Gasteiger partial charge in [0.1, 0.15) is 10.8 Å². The molecule has 0 bridgehead atoms. The van der Waals surface area contributed by atoms with Gasteiger partial charge in [-0.1, -0.05) is 6.07 Å². The van der Waals surface area contributed by atoms with Crippen LogP contribution < -0.4 is 5.73 Å². The van der Waals surface area contributed by atoms with Crippen LogP contribution in [-0.4, -0.2) is 4.98 Å². The molecule has 1 aromatic heterocycles. The largest absolute Gasteiger partial charge is 0.398 e. The van der Waals surface area contributed by atoms with Crippen LogP contribution in [0, 0.1) is 12.7 Å². The minimum atomic E-state index is -0.297. The van der Waals surface area contributed by atoms with E-state index >= 15 is 0 Å². The van der Waals surface area contributed by atoms with E-state index in [4.69, 9.17) is 5.73 Å². The average Bonchev–Trinajstić information content (AvgIpc) is 2.74. The highest BCUT2D eigenvalue weighted by atomic mass is 32.1. The normalized spacial score (nSPS) is 11.0. The first kappa shape index (κ1) is 11.2. The van der Waals surface area contributed by atoms with E-state index in [1.54, 1.807) is 6.07 Å². The molecule has 0 aliphatic rings. The molecule has 0 amide bonds. The molecule has 2 nitrogen and oxygen atoms in total. The van der Waals surface area contributed by atoms with Gasteiger partial charge in [0.15, 0.2) is 0 Å². The summed E-state index contributed by atoms with van der Waals surface area (Å²) in [6.07, 6.45) is 0. The number of benzene rings is 2. The summed E-state index contributed by atoms with van der Waals surface area (Å²) in [7, 11) is 0. The zero-order chi connectivity index (χ0) is 12.7. The molecule has 0 unspecified atom stereocenters. The average molecular weight is 258 g/mol. The zero-order valence-corrected chi connectivity index (χ0v) is 10.6. The topological polar surface area (TPSA) is 38.9 Å². The first-order valence-electron chi connectivity index (χ1n) is 5.56. The van der Waals surface area contributed by atoms with Gasteiger partial charge < -0.3 is 5.73 Å². The van der Waals surface area contributed by atoms with Crippen LogP contribution in [-0.2, 0) is 0 Å². The van der Waals surface area contributed by atoms with Crippen molar-refractivity contribution in [1.82, 2.24) is 4.98 Å². The Balaban J connectivity index is 2.22. The first-order valence-corrected chi connectivity index (χ1v) is 6.38. The number of hydrogen-bond acceptors (Lipinski definition) is 3. The van der Waals surface area contributed by atoms with Crippen LogP contribution in [0.3, 0.4) is 0 Å². The second-order valence-electron chi connectivity index (χ2n) is 4.22. The van der Waals surface area contributed by atoms with E-state index < -0.39 is 0 Å². The molecule has 0 saturated carbocycles. The number of nitrogens with two attached hydrogens (primary N) is 1. The van der Waals surface area contributed by atoms with Gasteiger partial charge >= 0.3 is 0 Å². The standard InChI is InChI=1S/C14H11FN2S/c1-8-2-5-12-13(6-8)18-14(17-12)10-7-9(15)3-4-11(10)16/h2-7H,16H2,1H3. The summed E-state index contributed by atoms with van der Waals surface area (Å²) < 4.78 is 14.4. The number of hydrogen-bond donors (Lipinski definition) is 1. The maximum Gasteiger partial charge on any atom is 0.126 e. The summed E-state index contributed by atoms with van der Waals surface area (Å²) in [5.74, 6) is -0.297. The SMILES string of the molecule is Cc1ccc2nc(-c3cc(F)ccc3N)sc2c1. The Hall–Kier alpha value is -1.94. The van der Waals surface area contributed by atoms with Crippen molar-refractivity contribution in [2.45, 2.75) is 6.92 Å². The summed E-state index contributed by atoms with van der Waals surface area (Å²) >= 11 is 1.53. The van der Waals surface area contributed by atoms with Crippen LogP contribution in [0.15, 0.2) is 36.4 Å². The zero-order valence-electron chi connectivity index (χ0n) is 9.77. The molecule has 0 radical (unpaired) electrons. The number of thiazole rings is 1. The number of nitrogens with zero attached hydrogens (tertiary/aromatic N) is 1. The number of anilines is 1. The molecule has 0 atom stereocenters. The van der Waals surface area contributed by atoms with Gasteiger partial charge in [-0.3, -0.25) is 0 Å². The summed E-state index contributed by atoms with van der Waals surface area (Å²) in [6, 6.07) is 10.4. The molecule has 3 rings (SSSR count). The van der Waals surface area contributed by atoms with E-state index in [-0.39, 0.29) is 5.82 Å². The minimum Gasteiger partial charge on any atom is -0.398 e. The summed E-state index contributed by atoms with van der Waals surface area (Å²) in [4.78, 5) is 4.50. The van der Waals surface area contributed by atoms with Crippen LogP contribution in [0.1, 0.15) is 5.56 Å². The Morgan fingerprint density at radius 2 is 2.00 bits per heavy atom. The summed E-state index contributed by atoms with van der Waals surface area (Å²) in [5.41, 5.74) is 9.19. The van der Waals surface area contributed by atoms with Crippen molar-refractivity contribution in [3.8, 4) is 10.6 Å². The Bertz CT molecular complexity index is 734. The van der Waals surface area contributed by atoms with Crippen molar-refractivity contribution in [2.75, 3.05) is 5.73 Å². The first-order chi connectivity index (χ1) is 8.63. The minimum absolute atomic E-state index is 0.297. The lowest BCUT2D eigenvalue weighted by Gasteiger charge is -2.01. The molecular formula is C14H11FN2S. The van der Waals surface area contributed by atoms with Crippen molar-refractivity contribution in [2.24, 2.45) is 0 Å². The third kappa shape index (κ3) is 1.84. The van der Waals surface area contributed by atoms with Gasteiger partial charge in [-0.05, 0) is 42.8 Å². The van der Waals surface area contributed by atoms with Gasteiger partial charge in [-0.25, -0.2) is 9.37 Å². The summed E-state index contributed by atoms with van der Waals surface area (Å²) in [5, 5.41) is 0.757. The van der Waals surface area contributed by atoms with E-state index in [2.05, 4.69) is 11.1 Å². The van der Waals surface area contributed by atoms with Gasteiger partial charge in [-0.15, -0.1) is 11.3 Å². The predicted molar refractivity (Wildman–Crippen MR) is 74.2 cm³/mol. The molecule has 18 heavy (non-hydrogen) atoms. The van der Waals surface area contributed by atoms with E-state index in [9.17, 15) is 4.39 Å². The fourth-order valence-electron chi connectivity index (χ4n) is 1.86. The second-order valence-corrected chi connectivity index (χ2v) is 5.25. The lowest BCUT2D eigenvalue weighted by molar-refractivity contribution is 0.628. The quantitative estimate of drug-likeness (QED) is 0.670. The number of rotatable bonds is 1. The molecule has 3 aromatic rings. The van der Waals surface area contributed by atoms with Crippen molar-refractivity contribution in [3.05, 3.63) is 47.8 Å². The highest BCUT2D eigenvalue weighted by molar-refractivity contribution is 7.21. The van der Waals surface area contributed by atoms with Gasteiger partial charge in [0, 0.05) is 11.3 Å². The number of aromatic nitrogens is 1. The maximum absolute atomic E-state index is 13.3. The highest BCUT2D eigenvalue weighted by Crippen LogP contribution is 2.34. The molecule has 0 saturated heterocycles. The maximum atomic E-state index is 13.3. The molecule has 0 aliphatic heterocycles. The van der Waals surface area contributed by atoms with Gasteiger partial charge in [-0.2, -0.15) is 0 Å². The predicted octanol–water partition coefficient (Wildman–Crippen LogP) is 3.99. The Morgan fingerprint density at radius 1 is 1.17 bits per heavy atom. The molecule has 2 N–H and O–H groups in total. The molecule has 2 aromatic carbocycles. The fraction of sp³-hybridized carbons (Fsp3) is 0.0714. The van der Waals surface area contributed by atoms with E-state index in [1.807, 2.05) is 19.1 Å². The van der Waals surface area contributed by atoms with Crippen molar-refractivity contribution in [3.63, 3.8) is 0 Å². The monoisotopic (exact) mass is 258 g/mol. The molecule has 0 fully saturated rings. The van der Waals surface area contributed by atoms with Crippen molar-refractivity contribution in [1.29, 1.82) is 0 Å². The van der Waals surface area contributed by atoms with Crippen LogP contribution in [0.5, 0.6) is 0 Å². The van der Waals surface area contributed by atoms with Crippen LogP contribution in [0.2, 0.25) is 0 Å². The van der Waals surface area contributed by atoms with Gasteiger partial charge in [0.05, 0.1) is 10.2 Å². The molecule has 90 valence electrons. The molecule has 4 heteroatoms. The van der Waals surface area contributed by atoms with E-state index in [0.717, 1.165) is 15.2 Å². The fourth-order valence-corrected chi connectivity index (χ4v) is 2.96. The lowest BCUT2D eigenvalue weighted by atomic mass is 10.2. The van der Waals surface area contributed by atoms with E-state index in [1.165, 1.54) is 29.0 Å². The lowest BCUT2D eigenvalue weighted by Crippen LogP contribution is -1.90. The summed E-state index contributed by atoms with van der Waals surface area (Å²) in [6.45, 7) is 2.04. The van der Waals surface area contributed by atoms with Crippen molar-refractivity contribution < 1.29 is 4.39 Å². The molecular weight excluding hydrogens is 247 g/mol. The number of fused-ring (bicyclic) bond motifs is 1. The molecule has 0 spiro atoms. The Kier molecular flexibility index (Phi) is 2.52. The number of aryl methyl sites for hydroxylation is 1. The Labute approximate surface area is 108 Å². The second kappa shape index (κ2) is 4.07. The smallest absolute Gasteiger partial charge is 0.126 e. The molecule has 0 aliphatic carbocycles. The van der Waals surface area contributed by atoms with Crippen LogP contribution >= 0.6 is 11.3 Å². The van der Waals surface area contributed by atoms with Crippen LogP contribution in [0.25, 0.3) is 20.8 Å². The number of halogens is 1. The van der Waals surface area contributed by atoms with Gasteiger partial charge in [0.2, 0.25) is 0 Å². The van der Waals surface area contributed by atoms with E-state index in [0.29, 0.717) is 11.3 Å². The molecule has 1 heterocycles. The third-order valence-electron chi connectivity index (χ3n) is 2.79. The Morgan fingerprint density at radius 3 is 2.83 bits per heavy atom.